The summed E-state index contributed by atoms with van der Waals surface area (Å²) in [5.41, 5.74) is 0.559. The lowest BCUT2D eigenvalue weighted by atomic mass is 10.1. The lowest BCUT2D eigenvalue weighted by molar-refractivity contribution is -0.704. The van der Waals surface area contributed by atoms with Crippen LogP contribution in [0.5, 0.6) is 5.75 Å². The highest BCUT2D eigenvalue weighted by atomic mass is 35.5. The van der Waals surface area contributed by atoms with Gasteiger partial charge in [-0.05, 0) is 29.7 Å². The molecule has 1 aromatic heterocycles. The maximum absolute atomic E-state index is 12.6. The zero-order valence-corrected chi connectivity index (χ0v) is 14.2. The Morgan fingerprint density at radius 1 is 1.17 bits per heavy atom. The molecule has 0 aliphatic rings. The summed E-state index contributed by atoms with van der Waals surface area (Å²) in [5, 5.41) is 5.64. The number of halogens is 1. The van der Waals surface area contributed by atoms with Crippen molar-refractivity contribution in [1.29, 1.82) is 0 Å². The molecule has 3 aromatic rings. The van der Waals surface area contributed by atoms with Crippen LogP contribution in [-0.2, 0) is 4.79 Å². The molecule has 2 aromatic carbocycles. The number of amides is 1. The topological polar surface area (TPSA) is 42.2 Å². The van der Waals surface area contributed by atoms with E-state index in [-0.39, 0.29) is 11.9 Å². The summed E-state index contributed by atoms with van der Waals surface area (Å²) in [5.74, 6) is 0.430. The van der Waals surface area contributed by atoms with Crippen LogP contribution in [0.25, 0.3) is 10.8 Å². The van der Waals surface area contributed by atoms with E-state index in [4.69, 9.17) is 16.3 Å². The highest BCUT2D eigenvalue weighted by Crippen LogP contribution is 2.28. The minimum atomic E-state index is -0.377. The monoisotopic (exact) mass is 341 g/mol. The van der Waals surface area contributed by atoms with Crippen molar-refractivity contribution < 1.29 is 14.1 Å². The number of hydrogen-bond acceptors (Lipinski definition) is 2. The number of anilines is 1. The third kappa shape index (κ3) is 3.34. The van der Waals surface area contributed by atoms with Gasteiger partial charge in [0, 0.05) is 23.4 Å². The summed E-state index contributed by atoms with van der Waals surface area (Å²) >= 11 is 6.01. The Balaban J connectivity index is 1.85. The van der Waals surface area contributed by atoms with E-state index in [1.807, 2.05) is 54.2 Å². The van der Waals surface area contributed by atoms with Gasteiger partial charge in [-0.15, -0.1) is 0 Å². The highest BCUT2D eigenvalue weighted by molar-refractivity contribution is 6.31. The lowest BCUT2D eigenvalue weighted by Gasteiger charge is -2.12. The minimum Gasteiger partial charge on any atom is -0.495 e. The SMILES string of the molecule is COc1ccc(Cl)cc1NC(=O)[C@@H](C)[n+]1ccc2ccccc2c1. The molecule has 1 heterocycles. The van der Waals surface area contributed by atoms with E-state index < -0.39 is 0 Å². The fraction of sp³-hybridized carbons (Fsp3) is 0.158. The van der Waals surface area contributed by atoms with Gasteiger partial charge in [-0.1, -0.05) is 29.8 Å². The third-order valence-electron chi connectivity index (χ3n) is 3.96. The Bertz CT molecular complexity index is 895. The number of carbonyl (C=O) groups is 1. The van der Waals surface area contributed by atoms with Crippen molar-refractivity contribution in [3.63, 3.8) is 0 Å². The van der Waals surface area contributed by atoms with Crippen molar-refractivity contribution in [2.24, 2.45) is 0 Å². The van der Waals surface area contributed by atoms with Gasteiger partial charge in [-0.25, -0.2) is 0 Å². The van der Waals surface area contributed by atoms with Crippen molar-refractivity contribution in [1.82, 2.24) is 0 Å². The smallest absolute Gasteiger partial charge is 0.293 e. The van der Waals surface area contributed by atoms with Gasteiger partial charge < -0.3 is 10.1 Å². The molecule has 3 rings (SSSR count). The number of pyridine rings is 1. The second-order valence-electron chi connectivity index (χ2n) is 5.53. The number of methoxy groups -OCH3 is 1. The maximum atomic E-state index is 12.6. The van der Waals surface area contributed by atoms with Gasteiger partial charge >= 0.3 is 0 Å². The Morgan fingerprint density at radius 3 is 2.67 bits per heavy atom. The molecule has 0 unspecified atom stereocenters. The predicted octanol–water partition coefficient (Wildman–Crippen LogP) is 3.99. The molecule has 0 saturated carbocycles. The summed E-state index contributed by atoms with van der Waals surface area (Å²) in [6.45, 7) is 1.85. The van der Waals surface area contributed by atoms with E-state index in [0.717, 1.165) is 10.8 Å². The summed E-state index contributed by atoms with van der Waals surface area (Å²) in [7, 11) is 1.56. The molecule has 1 amide bonds. The molecular formula is C19H18ClN2O2+. The molecule has 0 aliphatic heterocycles. The minimum absolute atomic E-state index is 0.143. The molecule has 1 atom stereocenters. The number of carbonyl (C=O) groups excluding carboxylic acids is 1. The van der Waals surface area contributed by atoms with Crippen LogP contribution in [0.1, 0.15) is 13.0 Å². The van der Waals surface area contributed by atoms with E-state index in [1.165, 1.54) is 0 Å². The van der Waals surface area contributed by atoms with Crippen LogP contribution in [0.4, 0.5) is 5.69 Å². The van der Waals surface area contributed by atoms with Crippen molar-refractivity contribution >= 4 is 34.0 Å². The Kier molecular flexibility index (Phi) is 4.67. The lowest BCUT2D eigenvalue weighted by Crippen LogP contribution is -2.44. The van der Waals surface area contributed by atoms with Gasteiger partial charge in [-0.3, -0.25) is 4.79 Å². The first kappa shape index (κ1) is 16.3. The highest BCUT2D eigenvalue weighted by Gasteiger charge is 2.23. The van der Waals surface area contributed by atoms with Crippen LogP contribution in [-0.4, -0.2) is 13.0 Å². The van der Waals surface area contributed by atoms with E-state index >= 15 is 0 Å². The molecule has 0 radical (unpaired) electrons. The van der Waals surface area contributed by atoms with Crippen LogP contribution >= 0.6 is 11.6 Å². The van der Waals surface area contributed by atoms with Crippen molar-refractivity contribution in [2.45, 2.75) is 13.0 Å². The second-order valence-corrected chi connectivity index (χ2v) is 5.97. The van der Waals surface area contributed by atoms with E-state index in [0.29, 0.717) is 16.5 Å². The number of nitrogens with one attached hydrogen (secondary N) is 1. The van der Waals surface area contributed by atoms with Crippen molar-refractivity contribution in [3.05, 3.63) is 65.9 Å². The summed E-state index contributed by atoms with van der Waals surface area (Å²) < 4.78 is 7.15. The number of hydrogen-bond donors (Lipinski definition) is 1. The first-order chi connectivity index (χ1) is 11.6. The molecule has 4 nitrogen and oxygen atoms in total. The number of aromatic nitrogens is 1. The van der Waals surface area contributed by atoms with E-state index in [1.54, 1.807) is 25.3 Å². The van der Waals surface area contributed by atoms with Gasteiger partial charge in [0.2, 0.25) is 6.04 Å². The molecule has 24 heavy (non-hydrogen) atoms. The average molecular weight is 342 g/mol. The molecule has 0 spiro atoms. The zero-order chi connectivity index (χ0) is 17.1. The summed E-state index contributed by atoms with van der Waals surface area (Å²) in [6, 6.07) is 14.8. The van der Waals surface area contributed by atoms with Crippen LogP contribution in [0.15, 0.2) is 60.9 Å². The molecule has 0 saturated heterocycles. The number of fused-ring (bicyclic) bond motifs is 1. The number of nitrogens with zero attached hydrogens (tertiary/aromatic N) is 1. The Hall–Kier alpha value is -2.59. The van der Waals surface area contributed by atoms with Crippen LogP contribution in [0.2, 0.25) is 5.02 Å². The normalized spacial score (nSPS) is 12.0. The summed E-state index contributed by atoms with van der Waals surface area (Å²) in [6.07, 6.45) is 3.87. The predicted molar refractivity (Wildman–Crippen MR) is 95.5 cm³/mol. The zero-order valence-electron chi connectivity index (χ0n) is 13.5. The van der Waals surface area contributed by atoms with Gasteiger partial charge in [0.25, 0.3) is 5.91 Å². The van der Waals surface area contributed by atoms with Crippen molar-refractivity contribution in [2.75, 3.05) is 12.4 Å². The molecule has 5 heteroatoms. The number of rotatable bonds is 4. The first-order valence-electron chi connectivity index (χ1n) is 7.62. The fourth-order valence-electron chi connectivity index (χ4n) is 2.54. The number of benzene rings is 2. The average Bonchev–Trinajstić information content (AvgIpc) is 2.61. The summed E-state index contributed by atoms with van der Waals surface area (Å²) in [4.78, 5) is 12.6. The van der Waals surface area contributed by atoms with Crippen LogP contribution in [0, 0.1) is 0 Å². The molecule has 0 aliphatic carbocycles. The van der Waals surface area contributed by atoms with Crippen LogP contribution in [0.3, 0.4) is 0 Å². The molecule has 1 N–H and O–H groups in total. The third-order valence-corrected chi connectivity index (χ3v) is 4.19. The molecular weight excluding hydrogens is 324 g/mol. The van der Waals surface area contributed by atoms with E-state index in [9.17, 15) is 4.79 Å². The largest absolute Gasteiger partial charge is 0.495 e. The number of ether oxygens (including phenoxy) is 1. The van der Waals surface area contributed by atoms with Gasteiger partial charge in [-0.2, -0.15) is 4.57 Å². The maximum Gasteiger partial charge on any atom is 0.293 e. The van der Waals surface area contributed by atoms with Gasteiger partial charge in [0.15, 0.2) is 12.4 Å². The molecule has 0 bridgehead atoms. The van der Waals surface area contributed by atoms with Gasteiger partial charge in [0.1, 0.15) is 5.75 Å². The Labute approximate surface area is 145 Å². The van der Waals surface area contributed by atoms with Gasteiger partial charge in [0.05, 0.1) is 12.8 Å². The van der Waals surface area contributed by atoms with E-state index in [2.05, 4.69) is 5.32 Å². The molecule has 0 fully saturated rings. The standard InChI is InChI=1S/C19H17ClN2O2/c1-13(22-10-9-14-5-3-4-6-15(14)12-22)19(23)21-17-11-16(20)7-8-18(17)24-2/h3-13H,1-2H3/p+1/t13-/m1/s1. The first-order valence-corrected chi connectivity index (χ1v) is 8.00. The fourth-order valence-corrected chi connectivity index (χ4v) is 2.71. The molecule has 122 valence electrons. The Morgan fingerprint density at radius 2 is 1.92 bits per heavy atom. The van der Waals surface area contributed by atoms with Crippen LogP contribution < -0.4 is 14.6 Å². The van der Waals surface area contributed by atoms with Crippen molar-refractivity contribution in [3.8, 4) is 5.75 Å². The quantitative estimate of drug-likeness (QED) is 0.729. The second kappa shape index (κ2) is 6.89.